The van der Waals surface area contributed by atoms with Gasteiger partial charge in [-0.15, -0.1) is 0 Å². The van der Waals surface area contributed by atoms with Crippen LogP contribution in [-0.2, 0) is 6.18 Å². The average molecular weight is 354 g/mol. The van der Waals surface area contributed by atoms with Crippen molar-refractivity contribution in [2.24, 2.45) is 0 Å². The lowest BCUT2D eigenvalue weighted by atomic mass is 10.1. The first-order valence-electron chi connectivity index (χ1n) is 5.72. The highest BCUT2D eigenvalue weighted by Gasteiger charge is 2.35. The fourth-order valence-corrected chi connectivity index (χ4v) is 2.39. The number of likely N-dealkylation sites (tertiary alicyclic amines) is 1. The summed E-state index contributed by atoms with van der Waals surface area (Å²) in [5.74, 6) is -0.668. The molecule has 1 fully saturated rings. The van der Waals surface area contributed by atoms with E-state index in [4.69, 9.17) is 0 Å². The van der Waals surface area contributed by atoms with Gasteiger partial charge in [0.2, 0.25) is 0 Å². The largest absolute Gasteiger partial charge is 0.416 e. The molecule has 1 aliphatic rings. The fourth-order valence-electron chi connectivity index (χ4n) is 1.97. The van der Waals surface area contributed by atoms with E-state index in [1.54, 1.807) is 0 Å². The van der Waals surface area contributed by atoms with Gasteiger partial charge in [-0.25, -0.2) is 0 Å². The van der Waals surface area contributed by atoms with Gasteiger partial charge in [0.25, 0.3) is 5.91 Å². The molecule has 0 aromatic heterocycles. The Hall–Kier alpha value is -1.12. The minimum Gasteiger partial charge on any atom is -0.388 e. The number of carbonyl (C=O) groups is 1. The van der Waals surface area contributed by atoms with Crippen molar-refractivity contribution in [3.63, 3.8) is 0 Å². The van der Waals surface area contributed by atoms with Crippen molar-refractivity contribution in [3.8, 4) is 0 Å². The van der Waals surface area contributed by atoms with Crippen molar-refractivity contribution < 1.29 is 28.2 Å². The number of aliphatic hydroxyl groups excluding tert-OH is 2. The molecule has 4 nitrogen and oxygen atoms in total. The second-order valence-corrected chi connectivity index (χ2v) is 5.39. The van der Waals surface area contributed by atoms with Gasteiger partial charge in [0.05, 0.1) is 23.3 Å². The van der Waals surface area contributed by atoms with Gasteiger partial charge >= 0.3 is 6.18 Å². The maximum Gasteiger partial charge on any atom is 0.416 e. The molecule has 0 unspecified atom stereocenters. The second-order valence-electron chi connectivity index (χ2n) is 4.54. The summed E-state index contributed by atoms with van der Waals surface area (Å²) >= 11 is 3.04. The van der Waals surface area contributed by atoms with Crippen molar-refractivity contribution >= 4 is 21.8 Å². The predicted octanol–water partition coefficient (Wildman–Crippen LogP) is 1.65. The minimum absolute atomic E-state index is 0.108. The molecule has 2 N–H and O–H groups in total. The number of benzene rings is 1. The van der Waals surface area contributed by atoms with Gasteiger partial charge in [-0.05, 0) is 34.1 Å². The van der Waals surface area contributed by atoms with Crippen LogP contribution in [0.5, 0.6) is 0 Å². The lowest BCUT2D eigenvalue weighted by Gasteiger charge is -2.17. The summed E-state index contributed by atoms with van der Waals surface area (Å²) in [6.07, 6.45) is -6.70. The van der Waals surface area contributed by atoms with E-state index >= 15 is 0 Å². The van der Waals surface area contributed by atoms with E-state index in [9.17, 15) is 28.2 Å². The van der Waals surface area contributed by atoms with E-state index < -0.39 is 29.9 Å². The normalized spacial score (nSPS) is 23.2. The first-order chi connectivity index (χ1) is 9.20. The Kier molecular flexibility index (Phi) is 4.08. The monoisotopic (exact) mass is 353 g/mol. The van der Waals surface area contributed by atoms with Crippen molar-refractivity contribution in [2.75, 3.05) is 13.1 Å². The Labute approximate surface area is 120 Å². The number of nitrogens with zero attached hydrogens (tertiary/aromatic N) is 1. The van der Waals surface area contributed by atoms with Crippen molar-refractivity contribution in [1.82, 2.24) is 4.90 Å². The van der Waals surface area contributed by atoms with Crippen molar-refractivity contribution in [3.05, 3.63) is 33.8 Å². The molecule has 0 radical (unpaired) electrons. The van der Waals surface area contributed by atoms with E-state index in [0.29, 0.717) is 0 Å². The smallest absolute Gasteiger partial charge is 0.388 e. The van der Waals surface area contributed by atoms with E-state index in [2.05, 4.69) is 15.9 Å². The number of aliphatic hydroxyl groups is 2. The number of amides is 1. The van der Waals surface area contributed by atoms with Crippen LogP contribution < -0.4 is 0 Å². The number of β-amino-alcohol motifs (C(OH)–C–C–N with tert-alkyl or cyclic N) is 2. The molecule has 1 aliphatic heterocycles. The summed E-state index contributed by atoms with van der Waals surface area (Å²) in [5.41, 5.74) is -1.08. The highest BCUT2D eigenvalue weighted by atomic mass is 79.9. The standard InChI is InChI=1S/C12H11BrF3NO3/c13-8-2-1-6(12(14,15)16)3-7(8)11(20)17-4-9(18)10(19)5-17/h1-3,9-10,18-19H,4-5H2/t9-,10+. The summed E-state index contributed by atoms with van der Waals surface area (Å²) < 4.78 is 38.2. The SMILES string of the molecule is O=C(c1cc(C(F)(F)F)ccc1Br)N1C[C@@H](O)[C@@H](O)C1. The summed E-state index contributed by atoms with van der Waals surface area (Å²) in [7, 11) is 0. The zero-order valence-corrected chi connectivity index (χ0v) is 11.6. The van der Waals surface area contributed by atoms with Crippen LogP contribution in [0.15, 0.2) is 22.7 Å². The highest BCUT2D eigenvalue weighted by Crippen LogP contribution is 2.32. The Morgan fingerprint density at radius 2 is 1.80 bits per heavy atom. The Morgan fingerprint density at radius 3 is 2.30 bits per heavy atom. The average Bonchev–Trinajstić information content (AvgIpc) is 2.68. The summed E-state index contributed by atoms with van der Waals surface area (Å²) in [5, 5.41) is 18.8. The van der Waals surface area contributed by atoms with Crippen molar-refractivity contribution in [2.45, 2.75) is 18.4 Å². The first kappa shape index (κ1) is 15.3. The molecule has 1 amide bonds. The second kappa shape index (κ2) is 5.34. The van der Waals surface area contributed by atoms with Gasteiger partial charge in [0.1, 0.15) is 0 Å². The molecule has 0 spiro atoms. The third-order valence-corrected chi connectivity index (χ3v) is 3.76. The van der Waals surface area contributed by atoms with Crippen LogP contribution in [0, 0.1) is 0 Å². The van der Waals surface area contributed by atoms with Crippen LogP contribution in [0.25, 0.3) is 0 Å². The molecule has 2 rings (SSSR count). The topological polar surface area (TPSA) is 60.8 Å². The maximum absolute atomic E-state index is 12.6. The van der Waals surface area contributed by atoms with E-state index in [1.807, 2.05) is 0 Å². The van der Waals surface area contributed by atoms with Gasteiger partial charge in [-0.1, -0.05) is 0 Å². The molecule has 2 atom stereocenters. The van der Waals surface area contributed by atoms with Crippen LogP contribution in [-0.4, -0.2) is 46.3 Å². The molecule has 1 aromatic carbocycles. The molecule has 20 heavy (non-hydrogen) atoms. The van der Waals surface area contributed by atoms with Gasteiger partial charge in [0.15, 0.2) is 0 Å². The number of carbonyl (C=O) groups excluding carboxylic acids is 1. The van der Waals surface area contributed by atoms with E-state index in [0.717, 1.165) is 23.1 Å². The zero-order valence-electron chi connectivity index (χ0n) is 10.1. The van der Waals surface area contributed by atoms with E-state index in [1.165, 1.54) is 0 Å². The van der Waals surface area contributed by atoms with Gasteiger partial charge < -0.3 is 15.1 Å². The van der Waals surface area contributed by atoms with Crippen LogP contribution in [0.2, 0.25) is 0 Å². The molecule has 0 bridgehead atoms. The molecular weight excluding hydrogens is 343 g/mol. The predicted molar refractivity (Wildman–Crippen MR) is 67.1 cm³/mol. The number of hydrogen-bond acceptors (Lipinski definition) is 3. The van der Waals surface area contributed by atoms with Crippen LogP contribution in [0.3, 0.4) is 0 Å². The summed E-state index contributed by atoms with van der Waals surface area (Å²) in [6, 6.07) is 2.77. The quantitative estimate of drug-likeness (QED) is 0.806. The molecule has 0 saturated carbocycles. The zero-order chi connectivity index (χ0) is 15.1. The van der Waals surface area contributed by atoms with Crippen molar-refractivity contribution in [1.29, 1.82) is 0 Å². The third-order valence-electron chi connectivity index (χ3n) is 3.07. The van der Waals surface area contributed by atoms with E-state index in [-0.39, 0.29) is 23.1 Å². The van der Waals surface area contributed by atoms with Crippen LogP contribution in [0.1, 0.15) is 15.9 Å². The molecule has 1 aromatic rings. The van der Waals surface area contributed by atoms with Crippen LogP contribution >= 0.6 is 15.9 Å². The first-order valence-corrected chi connectivity index (χ1v) is 6.51. The molecule has 1 heterocycles. The molecule has 110 valence electrons. The summed E-state index contributed by atoms with van der Waals surface area (Å²) in [4.78, 5) is 13.3. The van der Waals surface area contributed by atoms with Gasteiger partial charge in [-0.2, -0.15) is 13.2 Å². The van der Waals surface area contributed by atoms with Gasteiger partial charge in [-0.3, -0.25) is 4.79 Å². The lowest BCUT2D eigenvalue weighted by Crippen LogP contribution is -2.30. The number of rotatable bonds is 1. The minimum atomic E-state index is -4.54. The van der Waals surface area contributed by atoms with Gasteiger partial charge in [0, 0.05) is 17.6 Å². The molecule has 0 aliphatic carbocycles. The number of halogens is 4. The number of alkyl halides is 3. The lowest BCUT2D eigenvalue weighted by molar-refractivity contribution is -0.137. The third kappa shape index (κ3) is 2.97. The molecule has 8 heteroatoms. The van der Waals surface area contributed by atoms with Crippen LogP contribution in [0.4, 0.5) is 13.2 Å². The molecule has 1 saturated heterocycles. The highest BCUT2D eigenvalue weighted by molar-refractivity contribution is 9.10. The Morgan fingerprint density at radius 1 is 1.25 bits per heavy atom. The number of hydrogen-bond donors (Lipinski definition) is 2. The maximum atomic E-state index is 12.6. The fraction of sp³-hybridized carbons (Fsp3) is 0.417. The molecular formula is C12H11BrF3NO3. The Bertz CT molecular complexity index is 525. The summed E-state index contributed by atoms with van der Waals surface area (Å²) in [6.45, 7) is -0.217. The Balaban J connectivity index is 2.30.